The Kier molecular flexibility index (Phi) is 4.22. The van der Waals surface area contributed by atoms with Gasteiger partial charge in [0.2, 0.25) is 0 Å². The van der Waals surface area contributed by atoms with Crippen LogP contribution in [0.2, 0.25) is 0 Å². The Morgan fingerprint density at radius 1 is 1.35 bits per heavy atom. The fraction of sp³-hybridized carbons (Fsp3) is 0.364. The molecule has 94 valence electrons. The van der Waals surface area contributed by atoms with Crippen molar-refractivity contribution in [3.63, 3.8) is 0 Å². The van der Waals surface area contributed by atoms with E-state index in [1.807, 2.05) is 0 Å². The van der Waals surface area contributed by atoms with Gasteiger partial charge in [-0.1, -0.05) is 0 Å². The lowest BCUT2D eigenvalue weighted by atomic mass is 10.1. The molecule has 0 aromatic heterocycles. The SMILES string of the molecule is CCOCC(=O)c1cc(C(F)(F)F)ccc1F. The molecular formula is C11H10F4O2. The van der Waals surface area contributed by atoms with E-state index in [1.54, 1.807) is 6.92 Å². The van der Waals surface area contributed by atoms with Gasteiger partial charge in [-0.15, -0.1) is 0 Å². The Hall–Kier alpha value is -1.43. The minimum atomic E-state index is -4.60. The van der Waals surface area contributed by atoms with Crippen LogP contribution in [-0.2, 0) is 10.9 Å². The first-order valence-corrected chi connectivity index (χ1v) is 4.84. The molecule has 0 fully saturated rings. The normalized spacial score (nSPS) is 11.6. The molecule has 0 aliphatic carbocycles. The molecule has 0 aliphatic rings. The zero-order valence-electron chi connectivity index (χ0n) is 8.97. The molecule has 0 unspecified atom stereocenters. The first kappa shape index (κ1) is 13.6. The summed E-state index contributed by atoms with van der Waals surface area (Å²) >= 11 is 0. The largest absolute Gasteiger partial charge is 0.416 e. The maximum Gasteiger partial charge on any atom is 0.416 e. The standard InChI is InChI=1S/C11H10F4O2/c1-2-17-6-10(16)8-5-7(11(13,14)15)3-4-9(8)12/h3-5H,2,6H2,1H3. The summed E-state index contributed by atoms with van der Waals surface area (Å²) in [6.45, 7) is 1.41. The highest BCUT2D eigenvalue weighted by Crippen LogP contribution is 2.30. The van der Waals surface area contributed by atoms with Crippen LogP contribution in [0.1, 0.15) is 22.8 Å². The van der Waals surface area contributed by atoms with Crippen LogP contribution in [-0.4, -0.2) is 19.0 Å². The molecule has 0 saturated heterocycles. The zero-order chi connectivity index (χ0) is 13.1. The minimum Gasteiger partial charge on any atom is -0.374 e. The average molecular weight is 250 g/mol. The molecule has 1 rings (SSSR count). The van der Waals surface area contributed by atoms with E-state index in [2.05, 4.69) is 0 Å². The van der Waals surface area contributed by atoms with Crippen molar-refractivity contribution >= 4 is 5.78 Å². The van der Waals surface area contributed by atoms with Crippen molar-refractivity contribution in [3.8, 4) is 0 Å². The van der Waals surface area contributed by atoms with Gasteiger partial charge in [-0.2, -0.15) is 13.2 Å². The Bertz CT molecular complexity index is 412. The van der Waals surface area contributed by atoms with Crippen LogP contribution in [0.3, 0.4) is 0 Å². The van der Waals surface area contributed by atoms with E-state index in [4.69, 9.17) is 4.74 Å². The number of alkyl halides is 3. The fourth-order valence-electron chi connectivity index (χ4n) is 1.19. The van der Waals surface area contributed by atoms with E-state index in [-0.39, 0.29) is 6.61 Å². The van der Waals surface area contributed by atoms with Crippen molar-refractivity contribution in [2.75, 3.05) is 13.2 Å². The summed E-state index contributed by atoms with van der Waals surface area (Å²) < 4.78 is 55.0. The van der Waals surface area contributed by atoms with Gasteiger partial charge < -0.3 is 4.74 Å². The molecule has 1 aromatic carbocycles. The lowest BCUT2D eigenvalue weighted by Gasteiger charge is -2.09. The van der Waals surface area contributed by atoms with Gasteiger partial charge in [0.05, 0.1) is 11.1 Å². The van der Waals surface area contributed by atoms with Crippen molar-refractivity contribution in [1.29, 1.82) is 0 Å². The molecule has 0 radical (unpaired) electrons. The molecule has 1 aromatic rings. The van der Waals surface area contributed by atoms with Gasteiger partial charge in [0.1, 0.15) is 12.4 Å². The van der Waals surface area contributed by atoms with Crippen LogP contribution in [0.4, 0.5) is 17.6 Å². The zero-order valence-corrected chi connectivity index (χ0v) is 8.97. The van der Waals surface area contributed by atoms with Crippen LogP contribution in [0.15, 0.2) is 18.2 Å². The third-order valence-corrected chi connectivity index (χ3v) is 2.03. The van der Waals surface area contributed by atoms with Crippen LogP contribution in [0.25, 0.3) is 0 Å². The number of hydrogen-bond acceptors (Lipinski definition) is 2. The van der Waals surface area contributed by atoms with Crippen molar-refractivity contribution in [2.45, 2.75) is 13.1 Å². The number of ether oxygens (including phenoxy) is 1. The molecule has 17 heavy (non-hydrogen) atoms. The smallest absolute Gasteiger partial charge is 0.374 e. The average Bonchev–Trinajstić information content (AvgIpc) is 2.24. The summed E-state index contributed by atoms with van der Waals surface area (Å²) in [5.41, 5.74) is -1.66. The third-order valence-electron chi connectivity index (χ3n) is 2.03. The number of ketones is 1. The summed E-state index contributed by atoms with van der Waals surface area (Å²) in [5.74, 6) is -1.79. The summed E-state index contributed by atoms with van der Waals surface area (Å²) in [6, 6.07) is 1.71. The second kappa shape index (κ2) is 5.27. The molecule has 0 heterocycles. The van der Waals surface area contributed by atoms with Gasteiger partial charge in [0.25, 0.3) is 0 Å². The summed E-state index contributed by atoms with van der Waals surface area (Å²) in [6.07, 6.45) is -4.60. The number of carbonyl (C=O) groups is 1. The third kappa shape index (κ3) is 3.52. The van der Waals surface area contributed by atoms with Crippen LogP contribution >= 0.6 is 0 Å². The van der Waals surface area contributed by atoms with Gasteiger partial charge in [-0.05, 0) is 25.1 Å². The Balaban J connectivity index is 3.02. The first-order valence-electron chi connectivity index (χ1n) is 4.84. The van der Waals surface area contributed by atoms with Crippen LogP contribution in [0.5, 0.6) is 0 Å². The maximum absolute atomic E-state index is 13.2. The summed E-state index contributed by atoms with van der Waals surface area (Å²) in [7, 11) is 0. The molecule has 0 saturated carbocycles. The van der Waals surface area contributed by atoms with E-state index in [1.165, 1.54) is 0 Å². The van der Waals surface area contributed by atoms with E-state index in [9.17, 15) is 22.4 Å². The first-order chi connectivity index (χ1) is 7.86. The maximum atomic E-state index is 13.2. The van der Waals surface area contributed by atoms with E-state index < -0.39 is 35.5 Å². The molecule has 2 nitrogen and oxygen atoms in total. The molecule has 0 N–H and O–H groups in total. The number of Topliss-reactive ketones (excluding diaryl/α,β-unsaturated/α-hetero) is 1. The molecule has 0 amide bonds. The minimum absolute atomic E-state index is 0.228. The van der Waals surface area contributed by atoms with E-state index in [0.29, 0.717) is 18.2 Å². The predicted molar refractivity (Wildman–Crippen MR) is 52.2 cm³/mol. The number of rotatable bonds is 4. The molecule has 6 heteroatoms. The van der Waals surface area contributed by atoms with Gasteiger partial charge in [0, 0.05) is 6.61 Å². The van der Waals surface area contributed by atoms with Crippen LogP contribution < -0.4 is 0 Å². The van der Waals surface area contributed by atoms with Gasteiger partial charge in [-0.3, -0.25) is 4.79 Å². The second-order valence-electron chi connectivity index (χ2n) is 3.25. The Morgan fingerprint density at radius 3 is 2.53 bits per heavy atom. The number of benzene rings is 1. The van der Waals surface area contributed by atoms with E-state index in [0.717, 1.165) is 0 Å². The van der Waals surface area contributed by atoms with E-state index >= 15 is 0 Å². The Morgan fingerprint density at radius 2 is 2.00 bits per heavy atom. The quantitative estimate of drug-likeness (QED) is 0.606. The number of halogens is 4. The van der Waals surface area contributed by atoms with Crippen molar-refractivity contribution in [1.82, 2.24) is 0 Å². The molecular weight excluding hydrogens is 240 g/mol. The fourth-order valence-corrected chi connectivity index (χ4v) is 1.19. The van der Waals surface area contributed by atoms with Crippen LogP contribution in [0, 0.1) is 5.82 Å². The number of carbonyl (C=O) groups excluding carboxylic acids is 1. The molecule has 0 atom stereocenters. The molecule has 0 aliphatic heterocycles. The highest BCUT2D eigenvalue weighted by Gasteiger charge is 2.31. The van der Waals surface area contributed by atoms with Gasteiger partial charge in [0.15, 0.2) is 5.78 Å². The van der Waals surface area contributed by atoms with Crippen molar-refractivity contribution < 1.29 is 27.1 Å². The number of hydrogen-bond donors (Lipinski definition) is 0. The lowest BCUT2D eigenvalue weighted by Crippen LogP contribution is -2.13. The summed E-state index contributed by atoms with van der Waals surface area (Å²) in [5, 5.41) is 0. The molecule has 0 spiro atoms. The van der Waals surface area contributed by atoms with Crippen molar-refractivity contribution in [2.24, 2.45) is 0 Å². The van der Waals surface area contributed by atoms with Gasteiger partial charge >= 0.3 is 6.18 Å². The predicted octanol–water partition coefficient (Wildman–Crippen LogP) is 3.06. The van der Waals surface area contributed by atoms with Gasteiger partial charge in [-0.25, -0.2) is 4.39 Å². The topological polar surface area (TPSA) is 26.3 Å². The second-order valence-corrected chi connectivity index (χ2v) is 3.25. The van der Waals surface area contributed by atoms with Crippen molar-refractivity contribution in [3.05, 3.63) is 35.1 Å². The summed E-state index contributed by atoms with van der Waals surface area (Å²) in [4.78, 5) is 11.4. The highest BCUT2D eigenvalue weighted by molar-refractivity contribution is 5.97. The highest BCUT2D eigenvalue weighted by atomic mass is 19.4. The Labute approximate surface area is 95.2 Å². The monoisotopic (exact) mass is 250 g/mol. The lowest BCUT2D eigenvalue weighted by molar-refractivity contribution is -0.137. The molecule has 0 bridgehead atoms.